The number of aromatic nitrogens is 3. The van der Waals surface area contributed by atoms with Gasteiger partial charge in [0.05, 0.1) is 15.7 Å². The molecule has 0 bridgehead atoms. The van der Waals surface area contributed by atoms with Crippen molar-refractivity contribution in [3.63, 3.8) is 0 Å². The molecule has 0 unspecified atom stereocenters. The summed E-state index contributed by atoms with van der Waals surface area (Å²) in [6.45, 7) is 0. The van der Waals surface area contributed by atoms with E-state index in [0.29, 0.717) is 15.7 Å². The molecular formula is C9H4BrCl2N3O2. The van der Waals surface area contributed by atoms with Crippen LogP contribution in [0.3, 0.4) is 0 Å². The molecule has 0 atom stereocenters. The van der Waals surface area contributed by atoms with Crippen LogP contribution in [-0.2, 0) is 0 Å². The molecule has 0 fully saturated rings. The van der Waals surface area contributed by atoms with Crippen LogP contribution in [0.2, 0.25) is 10.0 Å². The number of hydrogen-bond donors (Lipinski definition) is 1. The maximum atomic E-state index is 10.8. The molecule has 1 aromatic heterocycles. The molecule has 0 spiro atoms. The summed E-state index contributed by atoms with van der Waals surface area (Å²) in [7, 11) is 0. The number of aromatic carboxylic acids is 1. The van der Waals surface area contributed by atoms with E-state index in [2.05, 4.69) is 26.1 Å². The fourth-order valence-corrected chi connectivity index (χ4v) is 1.84. The maximum Gasteiger partial charge on any atom is 0.359 e. The largest absolute Gasteiger partial charge is 0.476 e. The predicted molar refractivity (Wildman–Crippen MR) is 66.0 cm³/mol. The third-order valence-corrected chi connectivity index (χ3v) is 3.18. The average molecular weight is 337 g/mol. The van der Waals surface area contributed by atoms with Gasteiger partial charge in [-0.05, 0) is 34.1 Å². The van der Waals surface area contributed by atoms with Crippen molar-refractivity contribution >= 4 is 45.1 Å². The number of halogens is 3. The number of hydrogen-bond acceptors (Lipinski definition) is 3. The van der Waals surface area contributed by atoms with Crippen molar-refractivity contribution in [1.29, 1.82) is 0 Å². The highest BCUT2D eigenvalue weighted by atomic mass is 79.9. The van der Waals surface area contributed by atoms with Crippen LogP contribution >= 0.6 is 39.1 Å². The lowest BCUT2D eigenvalue weighted by molar-refractivity contribution is 0.0689. The van der Waals surface area contributed by atoms with E-state index in [-0.39, 0.29) is 10.3 Å². The van der Waals surface area contributed by atoms with Crippen molar-refractivity contribution in [3.05, 3.63) is 38.5 Å². The second-order valence-electron chi connectivity index (χ2n) is 3.03. The van der Waals surface area contributed by atoms with Gasteiger partial charge in [-0.2, -0.15) is 0 Å². The van der Waals surface area contributed by atoms with E-state index < -0.39 is 5.97 Å². The van der Waals surface area contributed by atoms with Gasteiger partial charge in [-0.15, -0.1) is 15.0 Å². The van der Waals surface area contributed by atoms with E-state index in [1.54, 1.807) is 18.2 Å². The Balaban J connectivity index is 2.50. The Morgan fingerprint density at radius 2 is 2.00 bits per heavy atom. The van der Waals surface area contributed by atoms with E-state index in [1.165, 1.54) is 0 Å². The lowest BCUT2D eigenvalue weighted by Gasteiger charge is -2.00. The molecule has 2 rings (SSSR count). The zero-order valence-electron chi connectivity index (χ0n) is 8.06. The number of rotatable bonds is 2. The highest BCUT2D eigenvalue weighted by Gasteiger charge is 2.16. The minimum absolute atomic E-state index is 0.149. The Kier molecular flexibility index (Phi) is 3.37. The predicted octanol–water partition coefficient (Wildman–Crippen LogP) is 3.03. The summed E-state index contributed by atoms with van der Waals surface area (Å²) >= 11 is 14.6. The van der Waals surface area contributed by atoms with Gasteiger partial charge in [0, 0.05) is 0 Å². The fourth-order valence-electron chi connectivity index (χ4n) is 1.14. The van der Waals surface area contributed by atoms with Gasteiger partial charge in [0.15, 0.2) is 4.60 Å². The molecule has 0 radical (unpaired) electrons. The summed E-state index contributed by atoms with van der Waals surface area (Å²) in [5.41, 5.74) is 0.351. The zero-order chi connectivity index (χ0) is 12.6. The lowest BCUT2D eigenvalue weighted by atomic mass is 10.3. The molecule has 17 heavy (non-hydrogen) atoms. The molecule has 1 aromatic carbocycles. The van der Waals surface area contributed by atoms with Crippen molar-refractivity contribution < 1.29 is 9.90 Å². The topological polar surface area (TPSA) is 68.0 Å². The Labute approximate surface area is 114 Å². The van der Waals surface area contributed by atoms with Crippen LogP contribution < -0.4 is 0 Å². The van der Waals surface area contributed by atoms with Gasteiger partial charge in [-0.3, -0.25) is 0 Å². The summed E-state index contributed by atoms with van der Waals surface area (Å²) in [5.74, 6) is -1.16. The quantitative estimate of drug-likeness (QED) is 0.915. The second kappa shape index (κ2) is 4.64. The number of carbonyl (C=O) groups is 1. The summed E-state index contributed by atoms with van der Waals surface area (Å²) in [6, 6.07) is 4.76. The van der Waals surface area contributed by atoms with Gasteiger partial charge < -0.3 is 5.11 Å². The Morgan fingerprint density at radius 1 is 1.29 bits per heavy atom. The minimum Gasteiger partial charge on any atom is -0.476 e. The number of nitrogens with zero attached hydrogens (tertiary/aromatic N) is 3. The van der Waals surface area contributed by atoms with Crippen molar-refractivity contribution in [2.24, 2.45) is 0 Å². The van der Waals surface area contributed by atoms with Crippen LogP contribution in [0.5, 0.6) is 0 Å². The van der Waals surface area contributed by atoms with Gasteiger partial charge in [0.2, 0.25) is 5.69 Å². The maximum absolute atomic E-state index is 10.8. The molecule has 5 nitrogen and oxygen atoms in total. The van der Waals surface area contributed by atoms with Crippen LogP contribution in [0, 0.1) is 0 Å². The first-order chi connectivity index (χ1) is 7.99. The fraction of sp³-hybridized carbons (Fsp3) is 0. The van der Waals surface area contributed by atoms with Crippen molar-refractivity contribution in [2.75, 3.05) is 0 Å². The Bertz CT molecular complexity index is 600. The van der Waals surface area contributed by atoms with E-state index in [1.807, 2.05) is 0 Å². The molecule has 1 heterocycles. The molecule has 8 heteroatoms. The first-order valence-corrected chi connectivity index (χ1v) is 5.85. The van der Waals surface area contributed by atoms with E-state index in [9.17, 15) is 4.79 Å². The highest BCUT2D eigenvalue weighted by Crippen LogP contribution is 2.24. The van der Waals surface area contributed by atoms with Gasteiger partial charge in [-0.25, -0.2) is 4.79 Å². The number of carboxylic acids is 1. The Hall–Kier alpha value is -1.11. The van der Waals surface area contributed by atoms with Gasteiger partial charge >= 0.3 is 5.97 Å². The highest BCUT2D eigenvalue weighted by molar-refractivity contribution is 9.10. The molecule has 1 N–H and O–H groups in total. The minimum atomic E-state index is -1.16. The first-order valence-electron chi connectivity index (χ1n) is 4.30. The SMILES string of the molecule is O=C(O)c1nn(-c2ccc(Cl)c(Cl)c2)nc1Br. The molecule has 0 aliphatic heterocycles. The van der Waals surface area contributed by atoms with E-state index in [0.717, 1.165) is 4.80 Å². The number of benzene rings is 1. The van der Waals surface area contributed by atoms with Gasteiger partial charge in [-0.1, -0.05) is 23.2 Å². The Morgan fingerprint density at radius 3 is 2.53 bits per heavy atom. The standard InChI is InChI=1S/C9H4BrCl2N3O2/c10-8-7(9(16)17)13-15(14-8)4-1-2-5(11)6(12)3-4/h1-3H,(H,16,17). The van der Waals surface area contributed by atoms with Gasteiger partial charge in [0.25, 0.3) is 0 Å². The molecular weight excluding hydrogens is 333 g/mol. The molecule has 2 aromatic rings. The van der Waals surface area contributed by atoms with Crippen molar-refractivity contribution in [3.8, 4) is 5.69 Å². The van der Waals surface area contributed by atoms with E-state index in [4.69, 9.17) is 28.3 Å². The van der Waals surface area contributed by atoms with Crippen LogP contribution in [0.1, 0.15) is 10.5 Å². The van der Waals surface area contributed by atoms with Crippen LogP contribution in [-0.4, -0.2) is 26.1 Å². The third kappa shape index (κ3) is 2.43. The summed E-state index contributed by atoms with van der Waals surface area (Å²) in [5, 5.41) is 17.3. The van der Waals surface area contributed by atoms with Crippen molar-refractivity contribution in [1.82, 2.24) is 15.0 Å². The smallest absolute Gasteiger partial charge is 0.359 e. The molecule has 0 aliphatic rings. The zero-order valence-corrected chi connectivity index (χ0v) is 11.2. The molecule has 0 aliphatic carbocycles. The molecule has 0 saturated heterocycles. The molecule has 88 valence electrons. The third-order valence-electron chi connectivity index (χ3n) is 1.91. The lowest BCUT2D eigenvalue weighted by Crippen LogP contribution is -2.02. The van der Waals surface area contributed by atoms with Crippen LogP contribution in [0.4, 0.5) is 0 Å². The molecule has 0 amide bonds. The summed E-state index contributed by atoms with van der Waals surface area (Å²) < 4.78 is 0.149. The summed E-state index contributed by atoms with van der Waals surface area (Å²) in [6.07, 6.45) is 0. The summed E-state index contributed by atoms with van der Waals surface area (Å²) in [4.78, 5) is 12.0. The average Bonchev–Trinajstić information content (AvgIpc) is 2.64. The first kappa shape index (κ1) is 12.3. The normalized spacial score (nSPS) is 10.5. The van der Waals surface area contributed by atoms with Crippen LogP contribution in [0.15, 0.2) is 22.8 Å². The van der Waals surface area contributed by atoms with Crippen LogP contribution in [0.25, 0.3) is 5.69 Å². The monoisotopic (exact) mass is 335 g/mol. The van der Waals surface area contributed by atoms with Gasteiger partial charge in [0.1, 0.15) is 0 Å². The van der Waals surface area contributed by atoms with E-state index >= 15 is 0 Å². The molecule has 0 saturated carbocycles. The number of carboxylic acid groups (broad SMARTS) is 1. The second-order valence-corrected chi connectivity index (χ2v) is 4.60. The van der Waals surface area contributed by atoms with Crippen molar-refractivity contribution in [2.45, 2.75) is 0 Å².